The minimum absolute atomic E-state index is 0.0448. The number of halogens is 3. The van der Waals surface area contributed by atoms with Crippen LogP contribution in [0.5, 0.6) is 0 Å². The molecule has 6 rings (SSSR count). The predicted molar refractivity (Wildman–Crippen MR) is 130 cm³/mol. The summed E-state index contributed by atoms with van der Waals surface area (Å²) in [5, 5.41) is 0. The molecule has 4 aromatic rings. The first-order valence-electron chi connectivity index (χ1n) is 11.5. The molecule has 1 atom stereocenters. The van der Waals surface area contributed by atoms with Crippen molar-refractivity contribution in [2.75, 3.05) is 23.7 Å². The Kier molecular flexibility index (Phi) is 5.34. The van der Waals surface area contributed by atoms with E-state index in [1.807, 2.05) is 12.3 Å². The fraction of sp³-hybridized carbons (Fsp3) is 0.333. The number of nitrogens with two attached hydrogens (primary N) is 2. The lowest BCUT2D eigenvalue weighted by molar-refractivity contribution is -0.143. The van der Waals surface area contributed by atoms with Crippen molar-refractivity contribution < 1.29 is 13.2 Å². The molecule has 4 aromatic heterocycles. The zero-order chi connectivity index (χ0) is 25.1. The molecule has 1 aliphatic heterocycles. The standard InChI is InChI=1S/C24H23F3N8S/c25-24(26,27)19-16(4-2-8-31-19)36-17-20(29)33-22(35-12-9-32-21(17)35)34-10-5-23(6-11-34)13-15-14(18(23)28)3-1-7-30-15/h1-4,7-9,12,18H,5-6,10-11,13,28-29H2/t18-/m1/s1. The highest BCUT2D eigenvalue weighted by atomic mass is 32.2. The number of pyridine rings is 2. The fourth-order valence-electron chi connectivity index (χ4n) is 5.37. The van der Waals surface area contributed by atoms with Gasteiger partial charge in [-0.2, -0.15) is 18.2 Å². The number of imidazole rings is 1. The summed E-state index contributed by atoms with van der Waals surface area (Å²) in [5.74, 6) is 0.740. The van der Waals surface area contributed by atoms with Crippen LogP contribution in [0.4, 0.5) is 24.9 Å². The average molecular weight is 513 g/mol. The first-order valence-corrected chi connectivity index (χ1v) is 12.4. The third kappa shape index (κ3) is 3.66. The van der Waals surface area contributed by atoms with Crippen LogP contribution in [0.2, 0.25) is 0 Å². The number of nitrogen functional groups attached to an aromatic ring is 1. The number of piperidine rings is 1. The summed E-state index contributed by atoms with van der Waals surface area (Å²) in [6.07, 6.45) is 4.28. The van der Waals surface area contributed by atoms with Crippen LogP contribution in [0.1, 0.15) is 35.8 Å². The van der Waals surface area contributed by atoms with Crippen LogP contribution < -0.4 is 16.4 Å². The van der Waals surface area contributed by atoms with Crippen molar-refractivity contribution in [3.05, 3.63) is 66.0 Å². The molecular formula is C24H23F3N8S. The molecule has 1 spiro atoms. The number of hydrogen-bond acceptors (Lipinski definition) is 8. The van der Waals surface area contributed by atoms with Gasteiger partial charge in [0.2, 0.25) is 5.95 Å². The Hall–Kier alpha value is -3.38. The molecule has 186 valence electrons. The average Bonchev–Trinajstić information content (AvgIpc) is 3.45. The molecule has 1 saturated heterocycles. The Morgan fingerprint density at radius 3 is 2.53 bits per heavy atom. The van der Waals surface area contributed by atoms with Gasteiger partial charge in [0.25, 0.3) is 0 Å². The zero-order valence-electron chi connectivity index (χ0n) is 19.1. The molecular weight excluding hydrogens is 489 g/mol. The van der Waals surface area contributed by atoms with Gasteiger partial charge >= 0.3 is 6.18 Å². The number of aromatic nitrogens is 5. The topological polar surface area (TPSA) is 111 Å². The SMILES string of the molecule is Nc1nc(N2CCC3(CC2)Cc2ncccc2[C@H]3N)n2ccnc2c1Sc1cccnc1C(F)(F)F. The van der Waals surface area contributed by atoms with Crippen LogP contribution in [-0.2, 0) is 12.6 Å². The minimum Gasteiger partial charge on any atom is -0.383 e. The van der Waals surface area contributed by atoms with Crippen molar-refractivity contribution in [1.82, 2.24) is 24.3 Å². The number of anilines is 2. The molecule has 0 radical (unpaired) electrons. The van der Waals surface area contributed by atoms with Crippen molar-refractivity contribution in [2.45, 2.75) is 41.3 Å². The number of fused-ring (bicyclic) bond motifs is 2. The molecule has 4 N–H and O–H groups in total. The van der Waals surface area contributed by atoms with E-state index in [1.165, 1.54) is 12.1 Å². The van der Waals surface area contributed by atoms with Gasteiger partial charge in [-0.05, 0) is 48.4 Å². The van der Waals surface area contributed by atoms with Crippen LogP contribution in [0, 0.1) is 5.41 Å². The second-order valence-electron chi connectivity index (χ2n) is 9.24. The molecule has 1 fully saturated rings. The normalized spacial score (nSPS) is 19.2. The minimum atomic E-state index is -4.59. The summed E-state index contributed by atoms with van der Waals surface area (Å²) in [5.41, 5.74) is 14.6. The molecule has 36 heavy (non-hydrogen) atoms. The number of alkyl halides is 3. The molecule has 12 heteroatoms. The fourth-order valence-corrected chi connectivity index (χ4v) is 6.40. The van der Waals surface area contributed by atoms with Gasteiger partial charge in [0.1, 0.15) is 5.82 Å². The summed E-state index contributed by atoms with van der Waals surface area (Å²) < 4.78 is 42.3. The summed E-state index contributed by atoms with van der Waals surface area (Å²) in [6.45, 7) is 1.43. The van der Waals surface area contributed by atoms with E-state index in [0.29, 0.717) is 29.6 Å². The number of rotatable bonds is 3. The lowest BCUT2D eigenvalue weighted by Gasteiger charge is -2.42. The largest absolute Gasteiger partial charge is 0.434 e. The lowest BCUT2D eigenvalue weighted by atomic mass is 9.73. The van der Waals surface area contributed by atoms with Gasteiger partial charge in [-0.3, -0.25) is 14.4 Å². The van der Waals surface area contributed by atoms with Gasteiger partial charge in [0.05, 0.1) is 4.90 Å². The third-order valence-corrected chi connectivity index (χ3v) is 8.39. The van der Waals surface area contributed by atoms with Crippen molar-refractivity contribution in [3.8, 4) is 0 Å². The first-order chi connectivity index (χ1) is 17.3. The van der Waals surface area contributed by atoms with E-state index in [0.717, 1.165) is 48.5 Å². The Labute approximate surface area is 209 Å². The zero-order valence-corrected chi connectivity index (χ0v) is 19.9. The molecule has 0 amide bonds. The highest BCUT2D eigenvalue weighted by Gasteiger charge is 2.47. The summed E-state index contributed by atoms with van der Waals surface area (Å²) in [4.78, 5) is 19.5. The van der Waals surface area contributed by atoms with Gasteiger partial charge < -0.3 is 16.4 Å². The van der Waals surface area contributed by atoms with E-state index in [-0.39, 0.29) is 22.2 Å². The summed E-state index contributed by atoms with van der Waals surface area (Å²) >= 11 is 0.870. The lowest BCUT2D eigenvalue weighted by Crippen LogP contribution is -2.45. The van der Waals surface area contributed by atoms with Gasteiger partial charge in [-0.15, -0.1) is 0 Å². The number of nitrogens with zero attached hydrogens (tertiary/aromatic N) is 6. The van der Waals surface area contributed by atoms with E-state index in [9.17, 15) is 13.2 Å². The van der Waals surface area contributed by atoms with Crippen molar-refractivity contribution >= 4 is 29.2 Å². The smallest absolute Gasteiger partial charge is 0.383 e. The van der Waals surface area contributed by atoms with Crippen LogP contribution in [0.25, 0.3) is 5.65 Å². The molecule has 8 nitrogen and oxygen atoms in total. The number of hydrogen-bond donors (Lipinski definition) is 2. The second-order valence-corrected chi connectivity index (χ2v) is 10.3. The third-order valence-electron chi connectivity index (χ3n) is 7.25. The summed E-state index contributed by atoms with van der Waals surface area (Å²) in [7, 11) is 0. The Bertz CT molecular complexity index is 1450. The van der Waals surface area contributed by atoms with Gasteiger partial charge in [0, 0.05) is 54.5 Å². The van der Waals surface area contributed by atoms with Crippen LogP contribution in [0.3, 0.4) is 0 Å². The molecule has 0 unspecified atom stereocenters. The quantitative estimate of drug-likeness (QED) is 0.422. The van der Waals surface area contributed by atoms with Gasteiger partial charge in [0.15, 0.2) is 11.3 Å². The first kappa shape index (κ1) is 23.0. The van der Waals surface area contributed by atoms with E-state index in [4.69, 9.17) is 11.5 Å². The Morgan fingerprint density at radius 2 is 1.78 bits per heavy atom. The Balaban J connectivity index is 1.29. The molecule has 5 heterocycles. The maximum Gasteiger partial charge on any atom is 0.434 e. The predicted octanol–water partition coefficient (Wildman–Crippen LogP) is 4.11. The van der Waals surface area contributed by atoms with Crippen LogP contribution in [-0.4, -0.2) is 37.4 Å². The summed E-state index contributed by atoms with van der Waals surface area (Å²) in [6, 6.07) is 6.76. The monoisotopic (exact) mass is 512 g/mol. The van der Waals surface area contributed by atoms with E-state index < -0.39 is 11.9 Å². The highest BCUT2D eigenvalue weighted by molar-refractivity contribution is 7.99. The molecule has 2 aliphatic rings. The maximum absolute atomic E-state index is 13.5. The highest BCUT2D eigenvalue weighted by Crippen LogP contribution is 2.50. The molecule has 0 bridgehead atoms. The maximum atomic E-state index is 13.5. The van der Waals surface area contributed by atoms with E-state index in [2.05, 4.69) is 30.9 Å². The molecule has 1 aliphatic carbocycles. The van der Waals surface area contributed by atoms with E-state index >= 15 is 0 Å². The van der Waals surface area contributed by atoms with Gasteiger partial charge in [-0.25, -0.2) is 4.98 Å². The van der Waals surface area contributed by atoms with Crippen molar-refractivity contribution in [3.63, 3.8) is 0 Å². The van der Waals surface area contributed by atoms with Crippen molar-refractivity contribution in [1.29, 1.82) is 0 Å². The van der Waals surface area contributed by atoms with Crippen LogP contribution in [0.15, 0.2) is 58.8 Å². The van der Waals surface area contributed by atoms with Gasteiger partial charge in [-0.1, -0.05) is 17.8 Å². The Morgan fingerprint density at radius 1 is 1.03 bits per heavy atom. The van der Waals surface area contributed by atoms with Crippen LogP contribution >= 0.6 is 11.8 Å². The van der Waals surface area contributed by atoms with Crippen molar-refractivity contribution in [2.24, 2.45) is 11.1 Å². The van der Waals surface area contributed by atoms with E-state index in [1.54, 1.807) is 16.8 Å². The molecule has 0 saturated carbocycles. The molecule has 0 aromatic carbocycles. The second kappa shape index (κ2) is 8.34.